The van der Waals surface area contributed by atoms with Crippen LogP contribution >= 0.6 is 0 Å². The zero-order chi connectivity index (χ0) is 12.4. The average Bonchev–Trinajstić information content (AvgIpc) is 2.16. The molecule has 0 fully saturated rings. The topological polar surface area (TPSA) is 39.2 Å². The number of carbonyl (C=O) groups is 1. The normalized spacial score (nSPS) is 12.3. The molecule has 0 saturated carbocycles. The number of nitrogens with zero attached hydrogens (tertiary/aromatic N) is 1. The van der Waals surface area contributed by atoms with Crippen LogP contribution in [0.4, 0.5) is 13.2 Å². The van der Waals surface area contributed by atoms with Gasteiger partial charge in [0.25, 0.3) is 0 Å². The van der Waals surface area contributed by atoms with Gasteiger partial charge < -0.3 is 4.74 Å². The predicted octanol–water partition coefficient (Wildman–Crippen LogP) is 2.46. The van der Waals surface area contributed by atoms with Crippen molar-refractivity contribution >= 4 is 6.29 Å². The molecule has 88 valence electrons. The van der Waals surface area contributed by atoms with E-state index in [9.17, 15) is 18.0 Å². The number of hydrogen-bond donors (Lipinski definition) is 0. The van der Waals surface area contributed by atoms with E-state index in [1.54, 1.807) is 0 Å². The second kappa shape index (κ2) is 4.11. The summed E-state index contributed by atoms with van der Waals surface area (Å²) in [5.74, 6) is -0.0231. The highest BCUT2D eigenvalue weighted by molar-refractivity contribution is 5.61. The summed E-state index contributed by atoms with van der Waals surface area (Å²) in [4.78, 5) is 14.0. The van der Waals surface area contributed by atoms with Gasteiger partial charge in [-0.05, 0) is 19.9 Å². The fourth-order valence-corrected chi connectivity index (χ4v) is 0.902. The Kier molecular flexibility index (Phi) is 3.21. The first-order valence-corrected chi connectivity index (χ1v) is 4.43. The molecule has 1 heterocycles. The standard InChI is InChI=1S/C10H10F3NO2/c1-9(2,6-15)16-8-4-3-7(5-14-8)10(11,12)13/h3-6H,1-2H3. The molecule has 1 aromatic rings. The van der Waals surface area contributed by atoms with Crippen molar-refractivity contribution in [2.75, 3.05) is 0 Å². The molecule has 3 nitrogen and oxygen atoms in total. The lowest BCUT2D eigenvalue weighted by molar-refractivity contribution is -0.138. The number of hydrogen-bond acceptors (Lipinski definition) is 3. The van der Waals surface area contributed by atoms with Gasteiger partial charge in [-0.3, -0.25) is 4.79 Å². The summed E-state index contributed by atoms with van der Waals surface area (Å²) in [7, 11) is 0. The van der Waals surface area contributed by atoms with Crippen LogP contribution in [0.3, 0.4) is 0 Å². The van der Waals surface area contributed by atoms with E-state index in [4.69, 9.17) is 4.74 Å². The fourth-order valence-electron chi connectivity index (χ4n) is 0.902. The van der Waals surface area contributed by atoms with Crippen molar-refractivity contribution < 1.29 is 22.7 Å². The van der Waals surface area contributed by atoms with Gasteiger partial charge in [0, 0.05) is 12.3 Å². The molecule has 1 rings (SSSR count). The van der Waals surface area contributed by atoms with Gasteiger partial charge in [-0.25, -0.2) is 4.98 Å². The van der Waals surface area contributed by atoms with Gasteiger partial charge in [-0.1, -0.05) is 0 Å². The lowest BCUT2D eigenvalue weighted by atomic mass is 10.2. The molecule has 6 heteroatoms. The second-order valence-corrected chi connectivity index (χ2v) is 3.71. The summed E-state index contributed by atoms with van der Waals surface area (Å²) in [6, 6.07) is 1.93. The monoisotopic (exact) mass is 233 g/mol. The molecule has 0 amide bonds. The molecular weight excluding hydrogens is 223 g/mol. The Morgan fingerprint density at radius 3 is 2.31 bits per heavy atom. The number of ether oxygens (including phenoxy) is 1. The first kappa shape index (κ1) is 12.5. The van der Waals surface area contributed by atoms with Gasteiger partial charge in [-0.2, -0.15) is 13.2 Å². The van der Waals surface area contributed by atoms with E-state index in [2.05, 4.69) is 4.98 Å². The van der Waals surface area contributed by atoms with Gasteiger partial charge >= 0.3 is 6.18 Å². The fraction of sp³-hybridized carbons (Fsp3) is 0.400. The maximum Gasteiger partial charge on any atom is 0.417 e. The molecule has 16 heavy (non-hydrogen) atoms. The Hall–Kier alpha value is -1.59. The van der Waals surface area contributed by atoms with Crippen molar-refractivity contribution in [3.05, 3.63) is 23.9 Å². The van der Waals surface area contributed by atoms with Crippen LogP contribution in [-0.2, 0) is 11.0 Å². The molecule has 0 N–H and O–H groups in total. The predicted molar refractivity (Wildman–Crippen MR) is 50.0 cm³/mol. The zero-order valence-electron chi connectivity index (χ0n) is 8.71. The number of pyridine rings is 1. The van der Waals surface area contributed by atoms with Crippen molar-refractivity contribution in [1.29, 1.82) is 0 Å². The molecule has 0 radical (unpaired) electrons. The van der Waals surface area contributed by atoms with Gasteiger partial charge in [-0.15, -0.1) is 0 Å². The van der Waals surface area contributed by atoms with E-state index in [0.717, 1.165) is 12.1 Å². The Labute approximate surface area is 90.2 Å². The highest BCUT2D eigenvalue weighted by Crippen LogP contribution is 2.29. The van der Waals surface area contributed by atoms with Crippen molar-refractivity contribution in [1.82, 2.24) is 4.98 Å². The van der Waals surface area contributed by atoms with E-state index in [1.165, 1.54) is 13.8 Å². The van der Waals surface area contributed by atoms with E-state index < -0.39 is 17.3 Å². The first-order valence-electron chi connectivity index (χ1n) is 4.43. The number of alkyl halides is 3. The lowest BCUT2D eigenvalue weighted by Crippen LogP contribution is -2.30. The van der Waals surface area contributed by atoms with Crippen molar-refractivity contribution in [3.8, 4) is 5.88 Å². The first-order chi connectivity index (χ1) is 7.24. The highest BCUT2D eigenvalue weighted by Gasteiger charge is 2.31. The Morgan fingerprint density at radius 2 is 1.94 bits per heavy atom. The molecule has 0 aliphatic carbocycles. The van der Waals surface area contributed by atoms with Crippen LogP contribution in [0.5, 0.6) is 5.88 Å². The van der Waals surface area contributed by atoms with E-state index in [0.29, 0.717) is 12.5 Å². The summed E-state index contributed by atoms with van der Waals surface area (Å²) < 4.78 is 41.6. The minimum Gasteiger partial charge on any atom is -0.464 e. The maximum atomic E-state index is 12.2. The van der Waals surface area contributed by atoms with Crippen LogP contribution in [0, 0.1) is 0 Å². The SMILES string of the molecule is CC(C)(C=O)Oc1ccc(C(F)(F)F)cn1. The van der Waals surface area contributed by atoms with Crippen LogP contribution in [0.15, 0.2) is 18.3 Å². The molecule has 0 aliphatic heterocycles. The molecule has 0 atom stereocenters. The summed E-state index contributed by atoms with van der Waals surface area (Å²) in [6.45, 7) is 2.97. The van der Waals surface area contributed by atoms with Crippen LogP contribution < -0.4 is 4.74 Å². The Morgan fingerprint density at radius 1 is 1.31 bits per heavy atom. The summed E-state index contributed by atoms with van der Waals surface area (Å²) in [5, 5.41) is 0. The van der Waals surface area contributed by atoms with E-state index >= 15 is 0 Å². The largest absolute Gasteiger partial charge is 0.464 e. The van der Waals surface area contributed by atoms with Gasteiger partial charge in [0.1, 0.15) is 0 Å². The molecule has 0 spiro atoms. The maximum absolute atomic E-state index is 12.2. The van der Waals surface area contributed by atoms with Crippen LogP contribution in [0.2, 0.25) is 0 Å². The highest BCUT2D eigenvalue weighted by atomic mass is 19.4. The number of halogens is 3. The van der Waals surface area contributed by atoms with Gasteiger partial charge in [0.05, 0.1) is 5.56 Å². The molecule has 0 bridgehead atoms. The molecular formula is C10H10F3NO2. The number of rotatable bonds is 3. The zero-order valence-corrected chi connectivity index (χ0v) is 8.71. The number of aldehydes is 1. The summed E-state index contributed by atoms with van der Waals surface area (Å²) in [5.41, 5.74) is -1.96. The Balaban J connectivity index is 2.84. The lowest BCUT2D eigenvalue weighted by Gasteiger charge is -2.18. The third kappa shape index (κ3) is 3.22. The van der Waals surface area contributed by atoms with E-state index in [-0.39, 0.29) is 5.88 Å². The van der Waals surface area contributed by atoms with Crippen molar-refractivity contribution in [2.45, 2.75) is 25.6 Å². The summed E-state index contributed by atoms with van der Waals surface area (Å²) >= 11 is 0. The molecule has 0 aliphatic rings. The smallest absolute Gasteiger partial charge is 0.417 e. The third-order valence-corrected chi connectivity index (χ3v) is 1.72. The minimum atomic E-state index is -4.42. The summed E-state index contributed by atoms with van der Waals surface area (Å²) in [6.07, 6.45) is -3.21. The molecule has 0 saturated heterocycles. The number of aromatic nitrogens is 1. The van der Waals surface area contributed by atoms with Crippen LogP contribution in [0.25, 0.3) is 0 Å². The van der Waals surface area contributed by atoms with Crippen molar-refractivity contribution in [3.63, 3.8) is 0 Å². The van der Waals surface area contributed by atoms with Crippen LogP contribution in [0.1, 0.15) is 19.4 Å². The Bertz CT molecular complexity index is 371. The molecule has 1 aromatic heterocycles. The molecule has 0 aromatic carbocycles. The van der Waals surface area contributed by atoms with Crippen LogP contribution in [-0.4, -0.2) is 16.9 Å². The van der Waals surface area contributed by atoms with E-state index in [1.807, 2.05) is 0 Å². The number of carbonyl (C=O) groups excluding carboxylic acids is 1. The van der Waals surface area contributed by atoms with Crippen molar-refractivity contribution in [2.24, 2.45) is 0 Å². The van der Waals surface area contributed by atoms with Gasteiger partial charge in [0.15, 0.2) is 11.9 Å². The third-order valence-electron chi connectivity index (χ3n) is 1.72. The minimum absolute atomic E-state index is 0.0231. The van der Waals surface area contributed by atoms with Gasteiger partial charge in [0.2, 0.25) is 5.88 Å². The average molecular weight is 233 g/mol. The quantitative estimate of drug-likeness (QED) is 0.753. The second-order valence-electron chi connectivity index (χ2n) is 3.71. The molecule has 0 unspecified atom stereocenters.